The molecule has 0 heterocycles. The van der Waals surface area contributed by atoms with Crippen molar-refractivity contribution in [2.45, 2.75) is 0 Å². The molecular formula is C16H13ClFNO4. The van der Waals surface area contributed by atoms with Gasteiger partial charge < -0.3 is 14.8 Å². The molecule has 23 heavy (non-hydrogen) atoms. The monoisotopic (exact) mass is 337 g/mol. The SMILES string of the molecule is COc1cc(C=O)ccc1OCC(=O)Nc1ccc(Cl)cc1F. The van der Waals surface area contributed by atoms with E-state index in [1.54, 1.807) is 0 Å². The minimum absolute atomic E-state index is 0.00580. The van der Waals surface area contributed by atoms with Crippen molar-refractivity contribution < 1.29 is 23.5 Å². The van der Waals surface area contributed by atoms with Crippen LogP contribution in [0.25, 0.3) is 0 Å². The number of nitrogens with one attached hydrogen (secondary N) is 1. The van der Waals surface area contributed by atoms with Crippen LogP contribution in [-0.2, 0) is 4.79 Å². The fourth-order valence-corrected chi connectivity index (χ4v) is 1.96. The van der Waals surface area contributed by atoms with Crippen molar-refractivity contribution in [3.8, 4) is 11.5 Å². The van der Waals surface area contributed by atoms with Crippen LogP contribution in [0.5, 0.6) is 11.5 Å². The van der Waals surface area contributed by atoms with Gasteiger partial charge in [-0.1, -0.05) is 11.6 Å². The summed E-state index contributed by atoms with van der Waals surface area (Å²) in [6, 6.07) is 8.44. The molecule has 0 spiro atoms. The minimum Gasteiger partial charge on any atom is -0.493 e. The second kappa shape index (κ2) is 7.60. The third kappa shape index (κ3) is 4.43. The molecule has 0 unspecified atom stereocenters. The van der Waals surface area contributed by atoms with Gasteiger partial charge in [-0.2, -0.15) is 0 Å². The van der Waals surface area contributed by atoms with Gasteiger partial charge in [0.25, 0.3) is 5.91 Å². The third-order valence-corrected chi connectivity index (χ3v) is 3.12. The lowest BCUT2D eigenvalue weighted by atomic mass is 10.2. The quantitative estimate of drug-likeness (QED) is 0.821. The maximum absolute atomic E-state index is 13.6. The Morgan fingerprint density at radius 1 is 1.26 bits per heavy atom. The number of aldehydes is 1. The highest BCUT2D eigenvalue weighted by Crippen LogP contribution is 2.27. The summed E-state index contributed by atoms with van der Waals surface area (Å²) in [5.41, 5.74) is 0.424. The Balaban J connectivity index is 2.00. The summed E-state index contributed by atoms with van der Waals surface area (Å²) in [5, 5.41) is 2.61. The van der Waals surface area contributed by atoms with Crippen LogP contribution in [0.1, 0.15) is 10.4 Å². The van der Waals surface area contributed by atoms with Gasteiger partial charge in [-0.05, 0) is 36.4 Å². The lowest BCUT2D eigenvalue weighted by Crippen LogP contribution is -2.21. The number of methoxy groups -OCH3 is 1. The minimum atomic E-state index is -0.640. The molecule has 2 aromatic rings. The van der Waals surface area contributed by atoms with Crippen molar-refractivity contribution in [3.63, 3.8) is 0 Å². The van der Waals surface area contributed by atoms with Crippen LogP contribution in [0, 0.1) is 5.82 Å². The molecule has 5 nitrogen and oxygen atoms in total. The number of halogens is 2. The Morgan fingerprint density at radius 2 is 2.04 bits per heavy atom. The van der Waals surface area contributed by atoms with Gasteiger partial charge in [0.1, 0.15) is 12.1 Å². The first-order valence-corrected chi connectivity index (χ1v) is 6.92. The molecule has 2 rings (SSSR count). The highest BCUT2D eigenvalue weighted by Gasteiger charge is 2.11. The normalized spacial score (nSPS) is 10.0. The molecule has 0 bridgehead atoms. The summed E-state index contributed by atoms with van der Waals surface area (Å²) in [6.45, 7) is -0.348. The molecule has 1 amide bonds. The second-order valence-electron chi connectivity index (χ2n) is 4.49. The highest BCUT2D eigenvalue weighted by atomic mass is 35.5. The Bertz CT molecular complexity index is 736. The van der Waals surface area contributed by atoms with Crippen LogP contribution in [0.4, 0.5) is 10.1 Å². The number of carbonyl (C=O) groups excluding carboxylic acids is 2. The topological polar surface area (TPSA) is 64.6 Å². The number of ether oxygens (including phenoxy) is 2. The van der Waals surface area contributed by atoms with Gasteiger partial charge in [0, 0.05) is 10.6 Å². The summed E-state index contributed by atoms with van der Waals surface area (Å²) in [7, 11) is 1.42. The summed E-state index contributed by atoms with van der Waals surface area (Å²) in [4.78, 5) is 22.5. The lowest BCUT2D eigenvalue weighted by Gasteiger charge is -2.11. The number of carbonyl (C=O) groups is 2. The molecule has 0 saturated carbocycles. The van der Waals surface area contributed by atoms with E-state index < -0.39 is 11.7 Å². The van der Waals surface area contributed by atoms with Crippen molar-refractivity contribution in [2.24, 2.45) is 0 Å². The molecule has 120 valence electrons. The zero-order valence-corrected chi connectivity index (χ0v) is 12.9. The third-order valence-electron chi connectivity index (χ3n) is 2.89. The lowest BCUT2D eigenvalue weighted by molar-refractivity contribution is -0.118. The molecule has 0 atom stereocenters. The fraction of sp³-hybridized carbons (Fsp3) is 0.125. The number of hydrogen-bond donors (Lipinski definition) is 1. The molecule has 0 aliphatic rings. The van der Waals surface area contributed by atoms with Gasteiger partial charge in [-0.3, -0.25) is 9.59 Å². The van der Waals surface area contributed by atoms with Gasteiger partial charge in [0.05, 0.1) is 12.8 Å². The fourth-order valence-electron chi connectivity index (χ4n) is 1.80. The average Bonchev–Trinajstić information content (AvgIpc) is 2.55. The maximum Gasteiger partial charge on any atom is 0.262 e. The van der Waals surface area contributed by atoms with Crippen LogP contribution in [-0.4, -0.2) is 25.9 Å². The number of rotatable bonds is 6. The Labute approximate surface area is 137 Å². The first kappa shape index (κ1) is 16.8. The average molecular weight is 338 g/mol. The first-order valence-electron chi connectivity index (χ1n) is 6.54. The maximum atomic E-state index is 13.6. The molecule has 0 radical (unpaired) electrons. The van der Waals surface area contributed by atoms with Crippen LogP contribution in [0.2, 0.25) is 5.02 Å². The van der Waals surface area contributed by atoms with E-state index in [0.717, 1.165) is 6.07 Å². The van der Waals surface area contributed by atoms with E-state index in [2.05, 4.69) is 5.32 Å². The van der Waals surface area contributed by atoms with Crippen LogP contribution >= 0.6 is 11.6 Å². The summed E-state index contributed by atoms with van der Waals surface area (Å²) >= 11 is 5.64. The smallest absolute Gasteiger partial charge is 0.262 e. The van der Waals surface area contributed by atoms with Crippen LogP contribution < -0.4 is 14.8 Å². The van der Waals surface area contributed by atoms with Gasteiger partial charge in [-0.15, -0.1) is 0 Å². The summed E-state index contributed by atoms with van der Waals surface area (Å²) in [6.07, 6.45) is 0.669. The van der Waals surface area contributed by atoms with Gasteiger partial charge in [-0.25, -0.2) is 4.39 Å². The standard InChI is InChI=1S/C16H13ClFNO4/c1-22-15-6-10(8-20)2-5-14(15)23-9-16(21)19-13-4-3-11(17)7-12(13)18/h2-8H,9H2,1H3,(H,19,21). The largest absolute Gasteiger partial charge is 0.493 e. The van der Waals surface area contributed by atoms with E-state index in [-0.39, 0.29) is 17.3 Å². The Hall–Kier alpha value is -2.60. The first-order chi connectivity index (χ1) is 11.0. The molecular weight excluding hydrogens is 325 g/mol. The van der Waals surface area contributed by atoms with Crippen molar-refractivity contribution in [3.05, 3.63) is 52.8 Å². The molecule has 0 saturated heterocycles. The predicted molar refractivity (Wildman–Crippen MR) is 83.9 cm³/mol. The molecule has 0 aromatic heterocycles. The van der Waals surface area contributed by atoms with E-state index in [1.807, 2.05) is 0 Å². The van der Waals surface area contributed by atoms with Gasteiger partial charge >= 0.3 is 0 Å². The number of benzene rings is 2. The Morgan fingerprint density at radius 3 is 2.70 bits per heavy atom. The molecule has 1 N–H and O–H groups in total. The van der Waals surface area contributed by atoms with Crippen LogP contribution in [0.15, 0.2) is 36.4 Å². The number of amides is 1. The molecule has 7 heteroatoms. The summed E-state index contributed by atoms with van der Waals surface area (Å²) in [5.74, 6) is -0.573. The predicted octanol–water partition coefficient (Wildman–Crippen LogP) is 3.32. The molecule has 2 aromatic carbocycles. The van der Waals surface area contributed by atoms with Gasteiger partial charge in [0.15, 0.2) is 18.1 Å². The van der Waals surface area contributed by atoms with E-state index >= 15 is 0 Å². The van der Waals surface area contributed by atoms with Crippen molar-refractivity contribution in [1.82, 2.24) is 0 Å². The van der Waals surface area contributed by atoms with E-state index in [1.165, 1.54) is 37.4 Å². The van der Waals surface area contributed by atoms with Gasteiger partial charge in [0.2, 0.25) is 0 Å². The van der Waals surface area contributed by atoms with Crippen LogP contribution in [0.3, 0.4) is 0 Å². The van der Waals surface area contributed by atoms with Crippen molar-refractivity contribution in [2.75, 3.05) is 19.0 Å². The van der Waals surface area contributed by atoms with Crippen molar-refractivity contribution >= 4 is 29.5 Å². The zero-order valence-electron chi connectivity index (χ0n) is 12.1. The van der Waals surface area contributed by atoms with E-state index in [9.17, 15) is 14.0 Å². The molecule has 0 aliphatic heterocycles. The number of anilines is 1. The van der Waals surface area contributed by atoms with Crippen molar-refractivity contribution in [1.29, 1.82) is 0 Å². The highest BCUT2D eigenvalue weighted by molar-refractivity contribution is 6.30. The molecule has 0 aliphatic carbocycles. The zero-order chi connectivity index (χ0) is 16.8. The number of hydrogen-bond acceptors (Lipinski definition) is 4. The van der Waals surface area contributed by atoms with E-state index in [4.69, 9.17) is 21.1 Å². The Kier molecular flexibility index (Phi) is 5.54. The summed E-state index contributed by atoms with van der Waals surface area (Å²) < 4.78 is 24.0. The van der Waals surface area contributed by atoms with E-state index in [0.29, 0.717) is 23.3 Å². The molecule has 0 fully saturated rings. The second-order valence-corrected chi connectivity index (χ2v) is 4.93.